The van der Waals surface area contributed by atoms with Gasteiger partial charge in [-0.2, -0.15) is 10.2 Å². The molecule has 23 N–H and O–H groups in total. The van der Waals surface area contributed by atoms with Crippen LogP contribution in [0, 0.1) is 62.0 Å². The van der Waals surface area contributed by atoms with Crippen molar-refractivity contribution >= 4 is 63.9 Å². The number of aromatic hydroxyl groups is 1. The lowest BCUT2D eigenvalue weighted by atomic mass is 10.0. The SMILES string of the molecule is COOSc1ccc(CN)cc1C.Cc1cc(CN)ccc1C(N)=O.Cc1cc(CN)ccc1N.Cc1cc(CN)ccc1O.Cc1cc(CN)ccc1SOON.Cc1ccc2ccnc(N)c2c1.Cc1cccc(C(N)=O)c1.[C-]#[N+]c1ccc(CN)cc1C. The third-order valence-electron chi connectivity index (χ3n) is 13.0. The second-order valence-corrected chi connectivity index (χ2v) is 21.7. The number of aryl methyl sites for hydroxylation is 8. The Kier molecular flexibility index (Phi) is 37.1. The molecule has 20 nitrogen and oxygen atoms in total. The van der Waals surface area contributed by atoms with Crippen molar-refractivity contribution in [2.45, 2.75) is 104 Å². The molecule has 0 unspecified atom stereocenters. The van der Waals surface area contributed by atoms with E-state index in [1.54, 1.807) is 30.5 Å². The highest BCUT2D eigenvalue weighted by Crippen LogP contribution is 2.26. The smallest absolute Gasteiger partial charge is 0.248 e. The second kappa shape index (κ2) is 43.1. The fraction of sp³-hybridized carbons (Fsp3) is 0.217. The number of hydrogen-bond acceptors (Lipinski definition) is 19. The molecule has 0 aliphatic heterocycles. The van der Waals surface area contributed by atoms with Gasteiger partial charge in [-0.1, -0.05) is 114 Å². The predicted octanol–water partition coefficient (Wildman–Crippen LogP) is 11.3. The van der Waals surface area contributed by atoms with Gasteiger partial charge in [-0.25, -0.2) is 14.7 Å². The monoisotopic (exact) mass is 1280 g/mol. The highest BCUT2D eigenvalue weighted by Gasteiger charge is 2.06. The molecule has 0 fully saturated rings. The summed E-state index contributed by atoms with van der Waals surface area (Å²) in [6, 6.07) is 49.5. The van der Waals surface area contributed by atoms with Gasteiger partial charge in [-0.15, -0.1) is 9.32 Å². The van der Waals surface area contributed by atoms with Crippen LogP contribution in [-0.4, -0.2) is 29.0 Å². The number of carbonyl (C=O) groups is 2. The summed E-state index contributed by atoms with van der Waals surface area (Å²) in [6.07, 6.45) is 1.73. The van der Waals surface area contributed by atoms with E-state index in [1.807, 2.05) is 171 Å². The third kappa shape index (κ3) is 29.2. The Bertz CT molecular complexity index is 3650. The highest BCUT2D eigenvalue weighted by molar-refractivity contribution is 7.94. The van der Waals surface area contributed by atoms with Gasteiger partial charge in [0.2, 0.25) is 11.8 Å². The van der Waals surface area contributed by atoms with Gasteiger partial charge < -0.3 is 62.4 Å². The zero-order valence-electron chi connectivity index (χ0n) is 53.3. The number of aromatic nitrogens is 1. The van der Waals surface area contributed by atoms with Crippen LogP contribution in [0.1, 0.15) is 98.6 Å². The lowest BCUT2D eigenvalue weighted by Crippen LogP contribution is -2.13. The average molecular weight is 1280 g/mol. The first-order valence-electron chi connectivity index (χ1n) is 28.4. The number of phenolic OH excluding ortho intramolecular Hbond substituents is 1. The van der Waals surface area contributed by atoms with Crippen LogP contribution in [0.4, 0.5) is 17.2 Å². The third-order valence-corrected chi connectivity index (χ3v) is 14.7. The van der Waals surface area contributed by atoms with Crippen molar-refractivity contribution in [1.29, 1.82) is 0 Å². The van der Waals surface area contributed by atoms with E-state index in [0.717, 1.165) is 111 Å². The molecule has 1 aromatic heterocycles. The Hall–Kier alpha value is -8.74. The Morgan fingerprint density at radius 1 is 0.505 bits per heavy atom. The van der Waals surface area contributed by atoms with E-state index < -0.39 is 5.91 Å². The van der Waals surface area contributed by atoms with Crippen LogP contribution in [0.3, 0.4) is 0 Å². The van der Waals surface area contributed by atoms with Crippen molar-refractivity contribution in [2.24, 2.45) is 51.8 Å². The van der Waals surface area contributed by atoms with Crippen molar-refractivity contribution in [3.05, 3.63) is 264 Å². The van der Waals surface area contributed by atoms with E-state index in [-0.39, 0.29) is 5.91 Å². The van der Waals surface area contributed by atoms with Gasteiger partial charge in [0.25, 0.3) is 0 Å². The fourth-order valence-corrected chi connectivity index (χ4v) is 8.78. The first-order chi connectivity index (χ1) is 43.4. The van der Waals surface area contributed by atoms with E-state index in [2.05, 4.69) is 42.2 Å². The lowest BCUT2D eigenvalue weighted by molar-refractivity contribution is -0.195. The summed E-state index contributed by atoms with van der Waals surface area (Å²) in [5, 5.41) is 11.3. The van der Waals surface area contributed by atoms with Gasteiger partial charge in [-0.05, 0) is 182 Å². The second-order valence-electron chi connectivity index (χ2n) is 20.2. The number of rotatable bonds is 14. The van der Waals surface area contributed by atoms with Gasteiger partial charge >= 0.3 is 0 Å². The predicted molar refractivity (Wildman–Crippen MR) is 372 cm³/mol. The minimum absolute atomic E-state index is 0.331. The fourth-order valence-electron chi connectivity index (χ4n) is 7.90. The van der Waals surface area contributed by atoms with E-state index in [0.29, 0.717) is 67.7 Å². The number of carbonyl (C=O) groups excluding carboxylic acids is 2. The molecule has 0 aliphatic carbocycles. The molecule has 0 saturated carbocycles. The van der Waals surface area contributed by atoms with E-state index in [1.165, 1.54) is 24.7 Å². The molecule has 8 aromatic carbocycles. The van der Waals surface area contributed by atoms with Crippen LogP contribution >= 0.6 is 24.1 Å². The van der Waals surface area contributed by atoms with Crippen LogP contribution in [0.2, 0.25) is 0 Å². The van der Waals surface area contributed by atoms with Gasteiger partial charge in [0.1, 0.15) is 11.6 Å². The molecule has 0 spiro atoms. The van der Waals surface area contributed by atoms with Crippen molar-refractivity contribution in [3.63, 3.8) is 0 Å². The average Bonchev–Trinajstić information content (AvgIpc) is 1.86. The number of primary amides is 2. The van der Waals surface area contributed by atoms with Crippen molar-refractivity contribution < 1.29 is 33.2 Å². The Morgan fingerprint density at radius 3 is 1.40 bits per heavy atom. The van der Waals surface area contributed by atoms with Crippen LogP contribution < -0.4 is 63.2 Å². The molecule has 91 heavy (non-hydrogen) atoms. The summed E-state index contributed by atoms with van der Waals surface area (Å²) in [5.74, 6) is 4.89. The molecule has 1 heterocycles. The van der Waals surface area contributed by atoms with E-state index >= 15 is 0 Å². The van der Waals surface area contributed by atoms with E-state index in [4.69, 9.17) is 79.2 Å². The number of fused-ring (bicyclic) bond motifs is 1. The molecule has 0 aliphatic rings. The minimum Gasteiger partial charge on any atom is -0.508 e. The van der Waals surface area contributed by atoms with Gasteiger partial charge in [0.05, 0.1) is 37.8 Å². The van der Waals surface area contributed by atoms with Crippen molar-refractivity contribution in [1.82, 2.24) is 4.98 Å². The number of benzene rings is 8. The number of nitrogens with two attached hydrogens (primary N) is 11. The Labute approximate surface area is 544 Å². The molecule has 22 heteroatoms. The number of anilines is 2. The van der Waals surface area contributed by atoms with Crippen molar-refractivity contribution in [2.75, 3.05) is 18.6 Å². The summed E-state index contributed by atoms with van der Waals surface area (Å²) in [7, 11) is 1.48. The highest BCUT2D eigenvalue weighted by atomic mass is 32.2. The van der Waals surface area contributed by atoms with Crippen molar-refractivity contribution in [3.8, 4) is 5.75 Å². The normalized spacial score (nSPS) is 9.92. The van der Waals surface area contributed by atoms with Gasteiger partial charge in [0, 0.05) is 77.5 Å². The first-order valence-corrected chi connectivity index (χ1v) is 29.8. The van der Waals surface area contributed by atoms with Gasteiger partial charge in [-0.3, -0.25) is 9.59 Å². The molecule has 9 rings (SSSR count). The maximum atomic E-state index is 10.8. The molecule has 9 aromatic rings. The molecule has 0 saturated heterocycles. The maximum absolute atomic E-state index is 10.8. The summed E-state index contributed by atoms with van der Waals surface area (Å²) in [5.41, 5.74) is 71.7. The summed E-state index contributed by atoms with van der Waals surface area (Å²) < 4.78 is 9.30. The number of nitrogens with zero attached hydrogens (tertiary/aromatic N) is 2. The number of hydrogen-bond donors (Lipinski definition) is 12. The summed E-state index contributed by atoms with van der Waals surface area (Å²) in [4.78, 5) is 39.3. The quantitative estimate of drug-likeness (QED) is 0.0158. The Balaban J connectivity index is 0.000000355. The lowest BCUT2D eigenvalue weighted by Gasteiger charge is -2.04. The molecular weight excluding hydrogens is 1190 g/mol. The van der Waals surface area contributed by atoms with Gasteiger partial charge in [0.15, 0.2) is 5.69 Å². The molecule has 2 amide bonds. The standard InChI is InChI=1S/C10H10N2.C9H12N2O.C9H10N2.C9H13NO2S.C8H12N2O2S.C8H12N2.C8H11NO.C8H9NO/c1-7-2-3-8-4-5-12-10(11)9(8)6-7;1-6-4-7(5-10)2-3-8(6)9(11)12;1-7-5-8(6-10)3-4-9(7)11-2;1-7-5-8(6-10)3-4-9(7)13-12-11-2;1-6-4-7(5-9)2-3-8(6)13-12-11-10;2*1-6-4-7(5-9)2-3-8(6)10;1-6-3-2-4-7(5-6)8(9)10/h2-6H,1H3,(H2,11,12);2-4H,5,10H2,1H3,(H2,11,12);3-5H,6,10H2,1H3;3-5H,6,10H2,1-2H3;2-4H,5,9-10H2,1H3;2-4H,5,9-10H2,1H3;2-4,10H,5,9H2,1H3;2-5H,1H3,(H2,9,10). The van der Waals surface area contributed by atoms with Crippen LogP contribution in [0.5, 0.6) is 5.75 Å². The first kappa shape index (κ1) is 78.4. The maximum Gasteiger partial charge on any atom is 0.248 e. The van der Waals surface area contributed by atoms with Crippen LogP contribution in [0.25, 0.3) is 15.6 Å². The minimum atomic E-state index is -0.393. The molecule has 0 atom stereocenters. The number of pyridine rings is 1. The van der Waals surface area contributed by atoms with E-state index in [9.17, 15) is 9.59 Å². The van der Waals surface area contributed by atoms with Crippen LogP contribution in [0.15, 0.2) is 174 Å². The van der Waals surface area contributed by atoms with Crippen LogP contribution in [-0.2, 0) is 57.8 Å². The number of amides is 2. The zero-order valence-corrected chi connectivity index (χ0v) is 54.9. The summed E-state index contributed by atoms with van der Waals surface area (Å²) >= 11 is 2.28. The molecular formula is C69H89N13O7S2. The summed E-state index contributed by atoms with van der Waals surface area (Å²) in [6.45, 7) is 25.6. The number of nitrogen functional groups attached to an aromatic ring is 2. The zero-order chi connectivity index (χ0) is 68.0. The molecule has 0 radical (unpaired) electrons. The number of phenols is 1. The largest absolute Gasteiger partial charge is 0.508 e. The Morgan fingerprint density at radius 2 is 0.967 bits per heavy atom. The molecule has 484 valence electrons. The topological polar surface area (TPSA) is 395 Å². The molecule has 0 bridgehead atoms.